The number of hydrogen-bond acceptors (Lipinski definition) is 2. The van der Waals surface area contributed by atoms with Gasteiger partial charge in [-0.3, -0.25) is 4.79 Å². The third-order valence-electron chi connectivity index (χ3n) is 4.17. The molecule has 1 amide bonds. The van der Waals surface area contributed by atoms with Crippen LogP contribution in [-0.2, 0) is 4.79 Å². The Bertz CT molecular complexity index is 467. The van der Waals surface area contributed by atoms with Gasteiger partial charge in [-0.05, 0) is 37.0 Å². The fraction of sp³-hybridized carbons (Fsp3) is 0.500. The van der Waals surface area contributed by atoms with Crippen LogP contribution in [0.3, 0.4) is 0 Å². The molecule has 0 unspecified atom stereocenters. The predicted molar refractivity (Wildman–Crippen MR) is 85.6 cm³/mol. The quantitative estimate of drug-likeness (QED) is 0.772. The minimum atomic E-state index is 0.260. The van der Waals surface area contributed by atoms with E-state index in [1.807, 2.05) is 23.1 Å². The monoisotopic (exact) mass is 287 g/mol. The molecule has 0 radical (unpaired) electrons. The van der Waals surface area contributed by atoms with E-state index >= 15 is 0 Å². The van der Waals surface area contributed by atoms with Crippen LogP contribution in [0.25, 0.3) is 0 Å². The molecule has 1 fully saturated rings. The van der Waals surface area contributed by atoms with E-state index in [0.29, 0.717) is 12.3 Å². The van der Waals surface area contributed by atoms with E-state index in [9.17, 15) is 4.79 Å². The summed E-state index contributed by atoms with van der Waals surface area (Å²) in [6.45, 7) is 5.42. The third kappa shape index (κ3) is 4.35. The van der Waals surface area contributed by atoms with Gasteiger partial charge in [0.15, 0.2) is 0 Å². The molecule has 3 nitrogen and oxygen atoms in total. The highest BCUT2D eigenvalue weighted by Gasteiger charge is 2.22. The van der Waals surface area contributed by atoms with Gasteiger partial charge in [0, 0.05) is 25.4 Å². The lowest BCUT2D eigenvalue weighted by Crippen LogP contribution is -2.33. The summed E-state index contributed by atoms with van der Waals surface area (Å²) in [7, 11) is 1.68. The number of nitrogens with zero attached hydrogens (tertiary/aromatic N) is 1. The lowest BCUT2D eigenvalue weighted by atomic mass is 9.94. The maximum absolute atomic E-state index is 12.2. The first-order chi connectivity index (χ1) is 10.2. The van der Waals surface area contributed by atoms with Crippen LogP contribution in [-0.4, -0.2) is 31.0 Å². The number of benzene rings is 1. The number of rotatable bonds is 5. The standard InChI is InChI=1S/C18H25NO2/c1-3-4-8-18(20)19-13-6-5-7-16(14-19)15-9-11-17(21-2)12-10-15/h3,9-12,16H,1,4-8,13-14H2,2H3/t16-/m0/s1. The minimum Gasteiger partial charge on any atom is -0.497 e. The zero-order valence-electron chi connectivity index (χ0n) is 12.9. The topological polar surface area (TPSA) is 29.5 Å². The predicted octanol–water partition coefficient (Wildman–Crippen LogP) is 3.76. The molecule has 1 aromatic carbocycles. The van der Waals surface area contributed by atoms with Crippen molar-refractivity contribution in [3.05, 3.63) is 42.5 Å². The van der Waals surface area contributed by atoms with Gasteiger partial charge in [-0.25, -0.2) is 0 Å². The minimum absolute atomic E-state index is 0.260. The summed E-state index contributed by atoms with van der Waals surface area (Å²) in [5.74, 6) is 1.58. The molecule has 1 saturated heterocycles. The zero-order chi connectivity index (χ0) is 15.1. The van der Waals surface area contributed by atoms with E-state index in [1.54, 1.807) is 7.11 Å². The Kier molecular flexibility index (Phi) is 5.85. The summed E-state index contributed by atoms with van der Waals surface area (Å²) in [4.78, 5) is 14.3. The molecule has 1 atom stereocenters. The number of likely N-dealkylation sites (tertiary alicyclic amines) is 1. The Balaban J connectivity index is 2.04. The lowest BCUT2D eigenvalue weighted by Gasteiger charge is -2.25. The molecule has 1 aromatic rings. The van der Waals surface area contributed by atoms with Crippen molar-refractivity contribution >= 4 is 5.91 Å². The van der Waals surface area contributed by atoms with Gasteiger partial charge in [0.2, 0.25) is 5.91 Å². The second-order valence-corrected chi connectivity index (χ2v) is 5.63. The Morgan fingerprint density at radius 1 is 1.38 bits per heavy atom. The van der Waals surface area contributed by atoms with Gasteiger partial charge < -0.3 is 9.64 Å². The Morgan fingerprint density at radius 3 is 2.81 bits per heavy atom. The van der Waals surface area contributed by atoms with Gasteiger partial charge in [0.25, 0.3) is 0 Å². The maximum atomic E-state index is 12.2. The first-order valence-corrected chi connectivity index (χ1v) is 7.77. The number of ether oxygens (including phenoxy) is 1. The van der Waals surface area contributed by atoms with E-state index < -0.39 is 0 Å². The first-order valence-electron chi connectivity index (χ1n) is 7.77. The second kappa shape index (κ2) is 7.87. The van der Waals surface area contributed by atoms with E-state index in [4.69, 9.17) is 4.74 Å². The molecule has 0 N–H and O–H groups in total. The molecule has 114 valence electrons. The maximum Gasteiger partial charge on any atom is 0.222 e. The Morgan fingerprint density at radius 2 is 2.14 bits per heavy atom. The van der Waals surface area contributed by atoms with E-state index in [-0.39, 0.29) is 5.91 Å². The number of hydrogen-bond donors (Lipinski definition) is 0. The highest BCUT2D eigenvalue weighted by atomic mass is 16.5. The molecule has 1 heterocycles. The van der Waals surface area contributed by atoms with Gasteiger partial charge in [-0.2, -0.15) is 0 Å². The van der Waals surface area contributed by atoms with Crippen molar-refractivity contribution in [2.75, 3.05) is 20.2 Å². The van der Waals surface area contributed by atoms with Crippen molar-refractivity contribution in [2.45, 2.75) is 38.0 Å². The van der Waals surface area contributed by atoms with Crippen LogP contribution < -0.4 is 4.74 Å². The molecular formula is C18H25NO2. The largest absolute Gasteiger partial charge is 0.497 e. The fourth-order valence-electron chi connectivity index (χ4n) is 2.90. The van der Waals surface area contributed by atoms with Gasteiger partial charge >= 0.3 is 0 Å². The molecule has 3 heteroatoms. The summed E-state index contributed by atoms with van der Waals surface area (Å²) in [5.41, 5.74) is 1.30. The number of carbonyl (C=O) groups excluding carboxylic acids is 1. The molecule has 0 bridgehead atoms. The third-order valence-corrected chi connectivity index (χ3v) is 4.17. The Hall–Kier alpha value is -1.77. The molecule has 21 heavy (non-hydrogen) atoms. The molecule has 1 aliphatic heterocycles. The Labute approximate surface area is 127 Å². The van der Waals surface area contributed by atoms with Crippen molar-refractivity contribution in [1.29, 1.82) is 0 Å². The van der Waals surface area contributed by atoms with E-state index in [1.165, 1.54) is 12.0 Å². The molecule has 0 saturated carbocycles. The highest BCUT2D eigenvalue weighted by Crippen LogP contribution is 2.28. The number of carbonyl (C=O) groups is 1. The van der Waals surface area contributed by atoms with Crippen LogP contribution in [0.1, 0.15) is 43.6 Å². The summed E-state index contributed by atoms with van der Waals surface area (Å²) < 4.78 is 5.21. The normalized spacial score (nSPS) is 18.9. The molecular weight excluding hydrogens is 262 g/mol. The van der Waals surface area contributed by atoms with Gasteiger partial charge in [-0.1, -0.05) is 24.6 Å². The van der Waals surface area contributed by atoms with Crippen molar-refractivity contribution in [1.82, 2.24) is 4.90 Å². The summed E-state index contributed by atoms with van der Waals surface area (Å²) >= 11 is 0. The lowest BCUT2D eigenvalue weighted by molar-refractivity contribution is -0.131. The van der Waals surface area contributed by atoms with Crippen LogP contribution in [0.2, 0.25) is 0 Å². The fourth-order valence-corrected chi connectivity index (χ4v) is 2.90. The van der Waals surface area contributed by atoms with Crippen LogP contribution in [0, 0.1) is 0 Å². The summed E-state index contributed by atoms with van der Waals surface area (Å²) in [6, 6.07) is 8.26. The summed E-state index contributed by atoms with van der Waals surface area (Å²) in [6.07, 6.45) is 6.60. The van der Waals surface area contributed by atoms with Gasteiger partial charge in [0.1, 0.15) is 5.75 Å². The average Bonchev–Trinajstić information content (AvgIpc) is 2.79. The smallest absolute Gasteiger partial charge is 0.222 e. The van der Waals surface area contributed by atoms with E-state index in [0.717, 1.165) is 38.1 Å². The van der Waals surface area contributed by atoms with Crippen LogP contribution in [0.15, 0.2) is 36.9 Å². The van der Waals surface area contributed by atoms with Crippen molar-refractivity contribution in [3.8, 4) is 5.75 Å². The van der Waals surface area contributed by atoms with Gasteiger partial charge in [-0.15, -0.1) is 6.58 Å². The number of amides is 1. The average molecular weight is 287 g/mol. The SMILES string of the molecule is C=CCCC(=O)N1CCCC[C@H](c2ccc(OC)cc2)C1. The van der Waals surface area contributed by atoms with Gasteiger partial charge in [0.05, 0.1) is 7.11 Å². The van der Waals surface area contributed by atoms with Crippen LogP contribution in [0.5, 0.6) is 5.75 Å². The summed E-state index contributed by atoms with van der Waals surface area (Å²) in [5, 5.41) is 0. The van der Waals surface area contributed by atoms with Crippen molar-refractivity contribution < 1.29 is 9.53 Å². The first kappa shape index (κ1) is 15.6. The molecule has 2 rings (SSSR count). The molecule has 1 aliphatic rings. The van der Waals surface area contributed by atoms with Crippen LogP contribution >= 0.6 is 0 Å². The number of allylic oxidation sites excluding steroid dienone is 1. The second-order valence-electron chi connectivity index (χ2n) is 5.63. The highest BCUT2D eigenvalue weighted by molar-refractivity contribution is 5.76. The zero-order valence-corrected chi connectivity index (χ0v) is 12.9. The molecule has 0 aromatic heterocycles. The number of methoxy groups -OCH3 is 1. The van der Waals surface area contributed by atoms with Crippen LogP contribution in [0.4, 0.5) is 0 Å². The molecule has 0 spiro atoms. The molecule has 0 aliphatic carbocycles. The van der Waals surface area contributed by atoms with Crippen molar-refractivity contribution in [2.24, 2.45) is 0 Å². The van der Waals surface area contributed by atoms with Crippen molar-refractivity contribution in [3.63, 3.8) is 0 Å². The van der Waals surface area contributed by atoms with E-state index in [2.05, 4.69) is 18.7 Å².